The van der Waals surface area contributed by atoms with Crippen molar-refractivity contribution in [1.82, 2.24) is 0 Å². The lowest BCUT2D eigenvalue weighted by Crippen LogP contribution is -2.11. The molecule has 0 heterocycles. The summed E-state index contributed by atoms with van der Waals surface area (Å²) >= 11 is 0. The molecular weight excluding hydrogens is 332 g/mol. The minimum Gasteiger partial charge on any atom is -0.493 e. The molecule has 5 heteroatoms. The highest BCUT2D eigenvalue weighted by Crippen LogP contribution is 2.29. The normalized spacial score (nSPS) is 10.5. The van der Waals surface area contributed by atoms with E-state index in [9.17, 15) is 4.79 Å². The Hall–Kier alpha value is -2.69. The van der Waals surface area contributed by atoms with Crippen molar-refractivity contribution in [3.63, 3.8) is 0 Å². The molecule has 0 unspecified atom stereocenters. The standard InChI is InChI=1S/C21H26O5/c1-14-11-15(2)16(3)19(12-14)25-9-10-26-20-13-17(6-8-21(22)23)5-7-18(20)24-4/h5,7,11-13H,6,8-10H2,1-4H3,(H,22,23). The lowest BCUT2D eigenvalue weighted by Gasteiger charge is -2.15. The van der Waals surface area contributed by atoms with Crippen LogP contribution in [0.25, 0.3) is 0 Å². The third-order valence-corrected chi connectivity index (χ3v) is 4.22. The predicted molar refractivity (Wildman–Crippen MR) is 101 cm³/mol. The fraction of sp³-hybridized carbons (Fsp3) is 0.381. The minimum atomic E-state index is -0.819. The number of aliphatic carboxylic acids is 1. The highest BCUT2D eigenvalue weighted by atomic mass is 16.5. The number of carboxylic acid groups (broad SMARTS) is 1. The molecule has 0 aromatic heterocycles. The molecule has 0 amide bonds. The summed E-state index contributed by atoms with van der Waals surface area (Å²) in [6.07, 6.45) is 0.537. The fourth-order valence-corrected chi connectivity index (χ4v) is 2.69. The van der Waals surface area contributed by atoms with Crippen molar-refractivity contribution in [3.05, 3.63) is 52.6 Å². The molecule has 0 aliphatic carbocycles. The summed E-state index contributed by atoms with van der Waals surface area (Å²) in [5.74, 6) is 1.26. The zero-order valence-electron chi connectivity index (χ0n) is 15.8. The number of methoxy groups -OCH3 is 1. The maximum Gasteiger partial charge on any atom is 0.303 e. The summed E-state index contributed by atoms with van der Waals surface area (Å²) in [6.45, 7) is 6.93. The largest absolute Gasteiger partial charge is 0.493 e. The van der Waals surface area contributed by atoms with Crippen LogP contribution in [0, 0.1) is 20.8 Å². The van der Waals surface area contributed by atoms with E-state index in [1.54, 1.807) is 13.2 Å². The molecule has 0 atom stereocenters. The second kappa shape index (κ2) is 9.13. The van der Waals surface area contributed by atoms with Crippen molar-refractivity contribution in [1.29, 1.82) is 0 Å². The van der Waals surface area contributed by atoms with Gasteiger partial charge in [-0.05, 0) is 67.6 Å². The minimum absolute atomic E-state index is 0.0842. The smallest absolute Gasteiger partial charge is 0.303 e. The third-order valence-electron chi connectivity index (χ3n) is 4.22. The van der Waals surface area contributed by atoms with Gasteiger partial charge in [-0.1, -0.05) is 12.1 Å². The second-order valence-corrected chi connectivity index (χ2v) is 6.28. The number of carboxylic acids is 1. The van der Waals surface area contributed by atoms with Crippen molar-refractivity contribution in [2.24, 2.45) is 0 Å². The molecule has 2 aromatic rings. The summed E-state index contributed by atoms with van der Waals surface area (Å²) < 4.78 is 17.0. The molecule has 1 N–H and O–H groups in total. The Morgan fingerprint density at radius 3 is 2.31 bits per heavy atom. The van der Waals surface area contributed by atoms with Crippen molar-refractivity contribution in [2.45, 2.75) is 33.6 Å². The Bertz CT molecular complexity index is 767. The highest BCUT2D eigenvalue weighted by Gasteiger charge is 2.08. The molecule has 0 saturated carbocycles. The van der Waals surface area contributed by atoms with E-state index in [0.717, 1.165) is 22.4 Å². The number of hydrogen-bond donors (Lipinski definition) is 1. The zero-order valence-corrected chi connectivity index (χ0v) is 15.8. The monoisotopic (exact) mass is 358 g/mol. The number of rotatable bonds is 9. The van der Waals surface area contributed by atoms with E-state index in [4.69, 9.17) is 19.3 Å². The third kappa shape index (κ3) is 5.41. The van der Waals surface area contributed by atoms with Gasteiger partial charge in [0, 0.05) is 6.42 Å². The van der Waals surface area contributed by atoms with E-state index in [0.29, 0.717) is 31.1 Å². The second-order valence-electron chi connectivity index (χ2n) is 6.28. The van der Waals surface area contributed by atoms with Gasteiger partial charge in [-0.25, -0.2) is 0 Å². The van der Waals surface area contributed by atoms with Gasteiger partial charge in [0.15, 0.2) is 11.5 Å². The van der Waals surface area contributed by atoms with Gasteiger partial charge < -0.3 is 19.3 Å². The zero-order chi connectivity index (χ0) is 19.1. The van der Waals surface area contributed by atoms with Crippen LogP contribution in [-0.4, -0.2) is 31.4 Å². The molecule has 0 aliphatic heterocycles. The maximum absolute atomic E-state index is 10.7. The van der Waals surface area contributed by atoms with Gasteiger partial charge in [-0.3, -0.25) is 4.79 Å². The first-order valence-corrected chi connectivity index (χ1v) is 8.63. The van der Waals surface area contributed by atoms with Gasteiger partial charge in [-0.15, -0.1) is 0 Å². The lowest BCUT2D eigenvalue weighted by atomic mass is 10.1. The van der Waals surface area contributed by atoms with Crippen molar-refractivity contribution in [3.8, 4) is 17.2 Å². The van der Waals surface area contributed by atoms with Crippen LogP contribution in [0.1, 0.15) is 28.7 Å². The molecule has 26 heavy (non-hydrogen) atoms. The van der Waals surface area contributed by atoms with Gasteiger partial charge in [-0.2, -0.15) is 0 Å². The highest BCUT2D eigenvalue weighted by molar-refractivity contribution is 5.67. The van der Waals surface area contributed by atoms with Gasteiger partial charge in [0.2, 0.25) is 0 Å². The summed E-state index contributed by atoms with van der Waals surface area (Å²) in [4.78, 5) is 10.7. The van der Waals surface area contributed by atoms with E-state index in [-0.39, 0.29) is 6.42 Å². The van der Waals surface area contributed by atoms with Crippen molar-refractivity contribution < 1.29 is 24.1 Å². The van der Waals surface area contributed by atoms with E-state index < -0.39 is 5.97 Å². The molecule has 0 saturated heterocycles. The summed E-state index contributed by atoms with van der Waals surface area (Å²) in [5.41, 5.74) is 4.39. The molecular formula is C21H26O5. The van der Waals surface area contributed by atoms with E-state index >= 15 is 0 Å². The summed E-state index contributed by atoms with van der Waals surface area (Å²) in [6, 6.07) is 9.62. The Morgan fingerprint density at radius 1 is 0.962 bits per heavy atom. The van der Waals surface area contributed by atoms with Crippen LogP contribution in [0.3, 0.4) is 0 Å². The van der Waals surface area contributed by atoms with Crippen LogP contribution in [0.2, 0.25) is 0 Å². The molecule has 0 aliphatic rings. The Morgan fingerprint density at radius 2 is 1.65 bits per heavy atom. The van der Waals surface area contributed by atoms with Crippen LogP contribution in [0.5, 0.6) is 17.2 Å². The molecule has 0 spiro atoms. The molecule has 0 fully saturated rings. The molecule has 0 radical (unpaired) electrons. The van der Waals surface area contributed by atoms with Crippen LogP contribution in [0.15, 0.2) is 30.3 Å². The maximum atomic E-state index is 10.7. The average Bonchev–Trinajstić information content (AvgIpc) is 2.60. The van der Waals surface area contributed by atoms with Crippen molar-refractivity contribution in [2.75, 3.05) is 20.3 Å². The van der Waals surface area contributed by atoms with Gasteiger partial charge in [0.1, 0.15) is 19.0 Å². The van der Waals surface area contributed by atoms with Crippen molar-refractivity contribution >= 4 is 5.97 Å². The van der Waals surface area contributed by atoms with E-state index in [1.165, 1.54) is 5.56 Å². The topological polar surface area (TPSA) is 65.0 Å². The molecule has 0 bridgehead atoms. The molecule has 2 rings (SSSR count). The first-order valence-electron chi connectivity index (χ1n) is 8.63. The Labute approximate surface area is 154 Å². The lowest BCUT2D eigenvalue weighted by molar-refractivity contribution is -0.136. The number of hydrogen-bond acceptors (Lipinski definition) is 4. The van der Waals surface area contributed by atoms with Crippen LogP contribution >= 0.6 is 0 Å². The number of carbonyl (C=O) groups is 1. The Balaban J connectivity index is 1.96. The molecule has 2 aromatic carbocycles. The number of benzene rings is 2. The van der Waals surface area contributed by atoms with Crippen LogP contribution < -0.4 is 14.2 Å². The Kier molecular flexibility index (Phi) is 6.89. The fourth-order valence-electron chi connectivity index (χ4n) is 2.69. The number of aryl methyl sites for hydroxylation is 3. The van der Waals surface area contributed by atoms with Crippen LogP contribution in [-0.2, 0) is 11.2 Å². The predicted octanol–water partition coefficient (Wildman–Crippen LogP) is 4.10. The molecule has 140 valence electrons. The summed E-state index contributed by atoms with van der Waals surface area (Å²) in [7, 11) is 1.58. The number of ether oxygens (including phenoxy) is 3. The van der Waals surface area contributed by atoms with Gasteiger partial charge >= 0.3 is 5.97 Å². The summed E-state index contributed by atoms with van der Waals surface area (Å²) in [5, 5.41) is 8.82. The van der Waals surface area contributed by atoms with Gasteiger partial charge in [0.05, 0.1) is 7.11 Å². The van der Waals surface area contributed by atoms with E-state index in [1.807, 2.05) is 32.0 Å². The van der Waals surface area contributed by atoms with E-state index in [2.05, 4.69) is 13.0 Å². The average molecular weight is 358 g/mol. The molecule has 5 nitrogen and oxygen atoms in total. The quantitative estimate of drug-likeness (QED) is 0.684. The first-order chi connectivity index (χ1) is 12.4. The van der Waals surface area contributed by atoms with Gasteiger partial charge in [0.25, 0.3) is 0 Å². The SMILES string of the molecule is COc1ccc(CCC(=O)O)cc1OCCOc1cc(C)cc(C)c1C. The first kappa shape index (κ1) is 19.6. The van der Waals surface area contributed by atoms with Crippen LogP contribution in [0.4, 0.5) is 0 Å².